The van der Waals surface area contributed by atoms with Crippen LogP contribution in [0.4, 0.5) is 0 Å². The zero-order valence-corrected chi connectivity index (χ0v) is 9.09. The maximum atomic E-state index is 9.14. The summed E-state index contributed by atoms with van der Waals surface area (Å²) in [7, 11) is 0. The van der Waals surface area contributed by atoms with Gasteiger partial charge >= 0.3 is 0 Å². The molecule has 13 heavy (non-hydrogen) atoms. The van der Waals surface area contributed by atoms with Gasteiger partial charge in [0.15, 0.2) is 0 Å². The van der Waals surface area contributed by atoms with E-state index in [1.165, 1.54) is 19.3 Å². The SMILES string of the molecule is C[C@@H]1CC[C@H](NC[C@@H](C)O)C[C@@H]1C. The van der Waals surface area contributed by atoms with Crippen LogP contribution in [0.5, 0.6) is 0 Å². The van der Waals surface area contributed by atoms with Gasteiger partial charge in [-0.05, 0) is 38.0 Å². The van der Waals surface area contributed by atoms with Crippen LogP contribution in [0.25, 0.3) is 0 Å². The van der Waals surface area contributed by atoms with Gasteiger partial charge in [0.05, 0.1) is 6.10 Å². The second-order valence-electron chi connectivity index (χ2n) is 4.72. The van der Waals surface area contributed by atoms with Gasteiger partial charge in [-0.2, -0.15) is 0 Å². The molecule has 2 heteroatoms. The lowest BCUT2D eigenvalue weighted by atomic mass is 9.79. The summed E-state index contributed by atoms with van der Waals surface area (Å²) in [6.45, 7) is 7.25. The van der Waals surface area contributed by atoms with Crippen molar-refractivity contribution in [3.63, 3.8) is 0 Å². The fourth-order valence-electron chi connectivity index (χ4n) is 2.07. The van der Waals surface area contributed by atoms with Crippen molar-refractivity contribution in [2.75, 3.05) is 6.54 Å². The predicted molar refractivity (Wildman–Crippen MR) is 55.7 cm³/mol. The van der Waals surface area contributed by atoms with E-state index >= 15 is 0 Å². The summed E-state index contributed by atoms with van der Waals surface area (Å²) < 4.78 is 0. The Hall–Kier alpha value is -0.0800. The number of hydrogen-bond donors (Lipinski definition) is 2. The highest BCUT2D eigenvalue weighted by molar-refractivity contribution is 4.79. The maximum absolute atomic E-state index is 9.14. The molecule has 1 saturated carbocycles. The summed E-state index contributed by atoms with van der Waals surface area (Å²) in [6.07, 6.45) is 3.67. The van der Waals surface area contributed by atoms with Crippen LogP contribution >= 0.6 is 0 Å². The van der Waals surface area contributed by atoms with Gasteiger partial charge in [-0.15, -0.1) is 0 Å². The fourth-order valence-corrected chi connectivity index (χ4v) is 2.07. The second kappa shape index (κ2) is 4.97. The van der Waals surface area contributed by atoms with Crippen LogP contribution in [-0.4, -0.2) is 23.8 Å². The Kier molecular flexibility index (Phi) is 4.20. The summed E-state index contributed by atoms with van der Waals surface area (Å²) in [5, 5.41) is 12.6. The lowest BCUT2D eigenvalue weighted by Crippen LogP contribution is -2.39. The van der Waals surface area contributed by atoms with Gasteiger partial charge < -0.3 is 10.4 Å². The Morgan fingerprint density at radius 3 is 2.54 bits per heavy atom. The van der Waals surface area contributed by atoms with E-state index in [0.29, 0.717) is 6.04 Å². The van der Waals surface area contributed by atoms with Crippen molar-refractivity contribution >= 4 is 0 Å². The van der Waals surface area contributed by atoms with E-state index in [2.05, 4.69) is 19.2 Å². The Balaban J connectivity index is 2.21. The molecule has 1 aliphatic rings. The third-order valence-corrected chi connectivity index (χ3v) is 3.30. The lowest BCUT2D eigenvalue weighted by molar-refractivity contribution is 0.167. The smallest absolute Gasteiger partial charge is 0.0636 e. The fraction of sp³-hybridized carbons (Fsp3) is 1.00. The highest BCUT2D eigenvalue weighted by Gasteiger charge is 2.23. The molecule has 0 aromatic heterocycles. The van der Waals surface area contributed by atoms with Gasteiger partial charge in [-0.1, -0.05) is 13.8 Å². The highest BCUT2D eigenvalue weighted by atomic mass is 16.3. The number of hydrogen-bond acceptors (Lipinski definition) is 2. The van der Waals surface area contributed by atoms with Crippen LogP contribution in [0.1, 0.15) is 40.0 Å². The molecule has 0 aromatic rings. The molecule has 0 radical (unpaired) electrons. The second-order valence-corrected chi connectivity index (χ2v) is 4.72. The van der Waals surface area contributed by atoms with Crippen LogP contribution in [0.3, 0.4) is 0 Å². The average Bonchev–Trinajstić information content (AvgIpc) is 2.07. The Morgan fingerprint density at radius 1 is 1.31 bits per heavy atom. The molecule has 0 aliphatic heterocycles. The first kappa shape index (κ1) is 11.0. The van der Waals surface area contributed by atoms with Crippen molar-refractivity contribution in [2.24, 2.45) is 11.8 Å². The molecule has 0 bridgehead atoms. The molecule has 0 amide bonds. The lowest BCUT2D eigenvalue weighted by Gasteiger charge is -2.32. The zero-order chi connectivity index (χ0) is 9.84. The number of aliphatic hydroxyl groups excluding tert-OH is 1. The molecule has 1 aliphatic carbocycles. The topological polar surface area (TPSA) is 32.3 Å². The van der Waals surface area contributed by atoms with Crippen molar-refractivity contribution in [1.82, 2.24) is 5.32 Å². The number of nitrogens with one attached hydrogen (secondary N) is 1. The predicted octanol–water partition coefficient (Wildman–Crippen LogP) is 1.78. The molecule has 1 rings (SSSR count). The summed E-state index contributed by atoms with van der Waals surface area (Å²) in [6, 6.07) is 0.640. The third kappa shape index (κ3) is 3.65. The zero-order valence-electron chi connectivity index (χ0n) is 9.09. The van der Waals surface area contributed by atoms with E-state index in [0.717, 1.165) is 18.4 Å². The third-order valence-electron chi connectivity index (χ3n) is 3.30. The quantitative estimate of drug-likeness (QED) is 0.702. The first-order chi connectivity index (χ1) is 6.09. The number of aliphatic hydroxyl groups is 1. The summed E-state index contributed by atoms with van der Waals surface area (Å²) in [4.78, 5) is 0. The van der Waals surface area contributed by atoms with Crippen LogP contribution in [0.2, 0.25) is 0 Å². The molecule has 2 N–H and O–H groups in total. The minimum Gasteiger partial charge on any atom is -0.392 e. The molecule has 4 atom stereocenters. The molecule has 78 valence electrons. The summed E-state index contributed by atoms with van der Waals surface area (Å²) >= 11 is 0. The van der Waals surface area contributed by atoms with Gasteiger partial charge in [-0.25, -0.2) is 0 Å². The van der Waals surface area contributed by atoms with Crippen molar-refractivity contribution in [3.05, 3.63) is 0 Å². The van der Waals surface area contributed by atoms with Crippen LogP contribution in [0.15, 0.2) is 0 Å². The first-order valence-corrected chi connectivity index (χ1v) is 5.51. The van der Waals surface area contributed by atoms with E-state index < -0.39 is 0 Å². The summed E-state index contributed by atoms with van der Waals surface area (Å²) in [5.74, 6) is 1.71. The van der Waals surface area contributed by atoms with E-state index in [4.69, 9.17) is 5.11 Å². The van der Waals surface area contributed by atoms with Crippen LogP contribution in [0, 0.1) is 11.8 Å². The van der Waals surface area contributed by atoms with Gasteiger partial charge in [0, 0.05) is 12.6 Å². The Bertz CT molecular complexity index is 147. The average molecular weight is 185 g/mol. The van der Waals surface area contributed by atoms with Crippen LogP contribution < -0.4 is 5.32 Å². The first-order valence-electron chi connectivity index (χ1n) is 5.51. The van der Waals surface area contributed by atoms with E-state index in [9.17, 15) is 0 Å². The monoisotopic (exact) mass is 185 g/mol. The normalized spacial score (nSPS) is 37.4. The Morgan fingerprint density at radius 2 is 2.00 bits per heavy atom. The Labute approximate surface area is 81.7 Å². The molecule has 0 unspecified atom stereocenters. The molecule has 0 saturated heterocycles. The molecular formula is C11H23NO. The molecule has 0 spiro atoms. The van der Waals surface area contributed by atoms with Crippen LogP contribution in [-0.2, 0) is 0 Å². The molecule has 0 aromatic carbocycles. The maximum Gasteiger partial charge on any atom is 0.0636 e. The van der Waals surface area contributed by atoms with Crippen molar-refractivity contribution in [1.29, 1.82) is 0 Å². The number of rotatable bonds is 3. The van der Waals surface area contributed by atoms with E-state index in [1.807, 2.05) is 6.92 Å². The van der Waals surface area contributed by atoms with E-state index in [-0.39, 0.29) is 6.10 Å². The standard InChI is InChI=1S/C11H23NO/c1-8-4-5-11(6-9(8)2)12-7-10(3)13/h8-13H,4-7H2,1-3H3/t8-,9+,10-,11+/m1/s1. The van der Waals surface area contributed by atoms with Gasteiger partial charge in [0.1, 0.15) is 0 Å². The molecule has 0 heterocycles. The van der Waals surface area contributed by atoms with Crippen molar-refractivity contribution in [2.45, 2.75) is 52.2 Å². The van der Waals surface area contributed by atoms with Gasteiger partial charge in [0.2, 0.25) is 0 Å². The highest BCUT2D eigenvalue weighted by Crippen LogP contribution is 2.29. The van der Waals surface area contributed by atoms with Gasteiger partial charge in [0.25, 0.3) is 0 Å². The summed E-state index contributed by atoms with van der Waals surface area (Å²) in [5.41, 5.74) is 0. The van der Waals surface area contributed by atoms with Crippen molar-refractivity contribution in [3.8, 4) is 0 Å². The molecule has 1 fully saturated rings. The van der Waals surface area contributed by atoms with Gasteiger partial charge in [-0.3, -0.25) is 0 Å². The van der Waals surface area contributed by atoms with E-state index in [1.54, 1.807) is 0 Å². The molecular weight excluding hydrogens is 162 g/mol. The minimum atomic E-state index is -0.213. The minimum absolute atomic E-state index is 0.213. The molecule has 2 nitrogen and oxygen atoms in total. The largest absolute Gasteiger partial charge is 0.392 e. The van der Waals surface area contributed by atoms with Crippen molar-refractivity contribution < 1.29 is 5.11 Å².